The summed E-state index contributed by atoms with van der Waals surface area (Å²) in [5.41, 5.74) is 0.266. The molecule has 0 bridgehead atoms. The fraction of sp³-hybridized carbons (Fsp3) is 0.320. The maximum absolute atomic E-state index is 14.3. The number of carbonyl (C=O) groups is 2. The number of aromatic nitrogens is 4. The molecule has 1 aliphatic carbocycles. The van der Waals surface area contributed by atoms with Crippen LogP contribution in [0.2, 0.25) is 0 Å². The van der Waals surface area contributed by atoms with Crippen molar-refractivity contribution in [3.05, 3.63) is 70.4 Å². The van der Waals surface area contributed by atoms with Gasteiger partial charge in [-0.05, 0) is 66.8 Å². The van der Waals surface area contributed by atoms with Crippen LogP contribution in [0.5, 0.6) is 0 Å². The number of benzene rings is 1. The summed E-state index contributed by atoms with van der Waals surface area (Å²) in [4.78, 5) is 30.4. The van der Waals surface area contributed by atoms with Crippen LogP contribution in [0.15, 0.2) is 58.3 Å². The molecule has 3 heterocycles. The number of hydrogen-bond donors (Lipinski definition) is 1. The van der Waals surface area contributed by atoms with Gasteiger partial charge in [-0.25, -0.2) is 4.39 Å². The fourth-order valence-corrected chi connectivity index (χ4v) is 5.21. The number of amides is 2. The van der Waals surface area contributed by atoms with E-state index in [9.17, 15) is 14.0 Å². The molecule has 11 heteroatoms. The number of aryl methyl sites for hydroxylation is 1. The molecule has 186 valence electrons. The maximum atomic E-state index is 14.3. The molecule has 0 unspecified atom stereocenters. The highest BCUT2D eigenvalue weighted by molar-refractivity contribution is 7.10. The fourth-order valence-electron chi connectivity index (χ4n) is 4.39. The molecule has 3 aromatic heterocycles. The molecule has 36 heavy (non-hydrogen) atoms. The molecular formula is C25H25FN6O3S. The average Bonchev–Trinajstić information content (AvgIpc) is 3.65. The van der Waals surface area contributed by atoms with Crippen LogP contribution in [0.1, 0.15) is 42.4 Å². The van der Waals surface area contributed by atoms with Gasteiger partial charge in [-0.2, -0.15) is 4.80 Å². The molecule has 9 nitrogen and oxygen atoms in total. The van der Waals surface area contributed by atoms with Crippen LogP contribution in [0.3, 0.4) is 0 Å². The van der Waals surface area contributed by atoms with Crippen LogP contribution in [0.25, 0.3) is 11.6 Å². The summed E-state index contributed by atoms with van der Waals surface area (Å²) in [5, 5.41) is 17.2. The summed E-state index contributed by atoms with van der Waals surface area (Å²) >= 11 is 1.36. The molecular weight excluding hydrogens is 483 g/mol. The lowest BCUT2D eigenvalue weighted by Gasteiger charge is -2.31. The first-order valence-corrected chi connectivity index (χ1v) is 12.6. The van der Waals surface area contributed by atoms with Gasteiger partial charge in [0, 0.05) is 16.6 Å². The molecule has 0 spiro atoms. The Morgan fingerprint density at radius 1 is 1.22 bits per heavy atom. The van der Waals surface area contributed by atoms with E-state index in [2.05, 4.69) is 20.7 Å². The largest absolute Gasteiger partial charge is 0.458 e. The summed E-state index contributed by atoms with van der Waals surface area (Å²) in [6, 6.07) is 11.9. The second-order valence-corrected chi connectivity index (χ2v) is 9.68. The minimum absolute atomic E-state index is 0.0562. The Hall–Kier alpha value is -3.86. The summed E-state index contributed by atoms with van der Waals surface area (Å²) in [5.74, 6) is 0.0607. The first-order chi connectivity index (χ1) is 17.5. The molecule has 4 aromatic rings. The quantitative estimate of drug-likeness (QED) is 0.381. The van der Waals surface area contributed by atoms with E-state index >= 15 is 0 Å². The van der Waals surface area contributed by atoms with Gasteiger partial charge in [0.15, 0.2) is 5.76 Å². The van der Waals surface area contributed by atoms with Gasteiger partial charge in [-0.3, -0.25) is 14.5 Å². The number of rotatable bonds is 8. The number of nitrogens with one attached hydrogen (secondary N) is 1. The van der Waals surface area contributed by atoms with Crippen molar-refractivity contribution in [1.29, 1.82) is 0 Å². The van der Waals surface area contributed by atoms with Gasteiger partial charge in [0.1, 0.15) is 24.2 Å². The lowest BCUT2D eigenvalue weighted by molar-refractivity contribution is -0.127. The van der Waals surface area contributed by atoms with E-state index in [1.165, 1.54) is 34.4 Å². The number of anilines is 1. The predicted octanol–water partition coefficient (Wildman–Crippen LogP) is 4.28. The number of halogens is 1. The zero-order valence-electron chi connectivity index (χ0n) is 19.6. The zero-order chi connectivity index (χ0) is 25.1. The topological polar surface area (TPSA) is 106 Å². The van der Waals surface area contributed by atoms with E-state index in [4.69, 9.17) is 4.42 Å². The van der Waals surface area contributed by atoms with Gasteiger partial charge >= 0.3 is 0 Å². The van der Waals surface area contributed by atoms with Gasteiger partial charge in [0.2, 0.25) is 11.7 Å². The minimum Gasteiger partial charge on any atom is -0.458 e. The van der Waals surface area contributed by atoms with Gasteiger partial charge in [-0.1, -0.05) is 25.0 Å². The zero-order valence-corrected chi connectivity index (χ0v) is 20.4. The van der Waals surface area contributed by atoms with Crippen molar-refractivity contribution in [3.8, 4) is 11.6 Å². The van der Waals surface area contributed by atoms with Gasteiger partial charge in [-0.15, -0.1) is 21.5 Å². The van der Waals surface area contributed by atoms with Crippen LogP contribution in [0, 0.1) is 12.7 Å². The highest BCUT2D eigenvalue weighted by atomic mass is 32.1. The third-order valence-corrected chi connectivity index (χ3v) is 6.99. The number of thiophene rings is 1. The van der Waals surface area contributed by atoms with E-state index < -0.39 is 17.8 Å². The van der Waals surface area contributed by atoms with Gasteiger partial charge in [0.05, 0.1) is 0 Å². The number of tetrazole rings is 1. The molecule has 1 saturated carbocycles. The van der Waals surface area contributed by atoms with Crippen LogP contribution in [-0.4, -0.2) is 38.1 Å². The Balaban J connectivity index is 1.47. The molecule has 0 aliphatic heterocycles. The Labute approximate surface area is 210 Å². The lowest BCUT2D eigenvalue weighted by atomic mass is 10.1. The monoisotopic (exact) mass is 508 g/mol. The van der Waals surface area contributed by atoms with E-state index in [-0.39, 0.29) is 30.0 Å². The van der Waals surface area contributed by atoms with Crippen LogP contribution in [-0.2, 0) is 16.1 Å². The molecule has 1 atom stereocenters. The molecule has 0 radical (unpaired) electrons. The molecule has 2 amide bonds. The van der Waals surface area contributed by atoms with Gasteiger partial charge < -0.3 is 9.73 Å². The Morgan fingerprint density at radius 2 is 2.06 bits per heavy atom. The van der Waals surface area contributed by atoms with Crippen LogP contribution in [0.4, 0.5) is 10.1 Å². The number of furan rings is 1. The molecule has 1 fully saturated rings. The molecule has 5 rings (SSSR count). The summed E-state index contributed by atoms with van der Waals surface area (Å²) in [6.07, 6.45) is 3.90. The summed E-state index contributed by atoms with van der Waals surface area (Å²) in [7, 11) is 0. The van der Waals surface area contributed by atoms with Crippen molar-refractivity contribution < 1.29 is 18.4 Å². The van der Waals surface area contributed by atoms with Crippen molar-refractivity contribution in [2.24, 2.45) is 0 Å². The third kappa shape index (κ3) is 5.20. The van der Waals surface area contributed by atoms with E-state index in [0.29, 0.717) is 16.4 Å². The van der Waals surface area contributed by atoms with Crippen molar-refractivity contribution in [2.45, 2.75) is 51.2 Å². The first kappa shape index (κ1) is 23.9. The first-order valence-electron chi connectivity index (χ1n) is 11.7. The second-order valence-electron chi connectivity index (χ2n) is 8.71. The highest BCUT2D eigenvalue weighted by Crippen LogP contribution is 2.32. The Bertz CT molecular complexity index is 1350. The SMILES string of the molecule is Cc1ccc(-c2nnn(CC(=O)N(c3cccc(F)c3)[C@H](C(=O)NC3CCCC3)c3cccs3)n2)o1. The van der Waals surface area contributed by atoms with Crippen molar-refractivity contribution >= 4 is 28.8 Å². The smallest absolute Gasteiger partial charge is 0.251 e. The minimum atomic E-state index is -0.976. The van der Waals surface area contributed by atoms with Crippen molar-refractivity contribution in [1.82, 2.24) is 25.5 Å². The lowest BCUT2D eigenvalue weighted by Crippen LogP contribution is -2.47. The normalized spacial score (nSPS) is 14.6. The number of nitrogens with zero attached hydrogens (tertiary/aromatic N) is 5. The van der Waals surface area contributed by atoms with Crippen molar-refractivity contribution in [2.75, 3.05) is 4.90 Å². The maximum Gasteiger partial charge on any atom is 0.251 e. The van der Waals surface area contributed by atoms with E-state index in [1.807, 2.05) is 11.4 Å². The molecule has 1 aromatic carbocycles. The average molecular weight is 509 g/mol. The predicted molar refractivity (Wildman–Crippen MR) is 132 cm³/mol. The number of hydrogen-bond acceptors (Lipinski definition) is 7. The highest BCUT2D eigenvalue weighted by Gasteiger charge is 2.35. The summed E-state index contributed by atoms with van der Waals surface area (Å²) in [6.45, 7) is 1.50. The molecule has 0 saturated heterocycles. The van der Waals surface area contributed by atoms with Crippen molar-refractivity contribution in [3.63, 3.8) is 0 Å². The van der Waals surface area contributed by atoms with Crippen LogP contribution < -0.4 is 10.2 Å². The summed E-state index contributed by atoms with van der Waals surface area (Å²) < 4.78 is 19.8. The van der Waals surface area contributed by atoms with Gasteiger partial charge in [0.25, 0.3) is 5.91 Å². The van der Waals surface area contributed by atoms with E-state index in [1.54, 1.807) is 31.2 Å². The Kier molecular flexibility index (Phi) is 6.90. The van der Waals surface area contributed by atoms with Crippen LogP contribution >= 0.6 is 11.3 Å². The third-order valence-electron chi connectivity index (χ3n) is 6.07. The molecule has 1 aliphatic rings. The second kappa shape index (κ2) is 10.4. The Morgan fingerprint density at radius 3 is 2.75 bits per heavy atom. The molecule has 1 N–H and O–H groups in total. The standard InChI is InChI=1S/C25H25FN6O3S/c1-16-11-12-20(35-16)24-28-30-31(29-24)15-22(33)32(19-9-4-6-17(26)14-19)23(21-10-5-13-36-21)25(34)27-18-7-2-3-8-18/h4-6,9-14,18,23H,2-3,7-8,15H2,1H3,(H,27,34)/t23-/m0/s1. The van der Waals surface area contributed by atoms with E-state index in [0.717, 1.165) is 30.5 Å². The number of carbonyl (C=O) groups excluding carboxylic acids is 2.